The van der Waals surface area contributed by atoms with Crippen LogP contribution >= 0.6 is 0 Å². The van der Waals surface area contributed by atoms with E-state index in [4.69, 9.17) is 4.74 Å². The van der Waals surface area contributed by atoms with Crippen molar-refractivity contribution in [2.24, 2.45) is 0 Å². The van der Waals surface area contributed by atoms with Crippen LogP contribution in [0.1, 0.15) is 24.4 Å². The van der Waals surface area contributed by atoms with Gasteiger partial charge in [0.1, 0.15) is 12.1 Å². The number of aromatic nitrogens is 2. The number of nitro groups is 1. The Hall–Kier alpha value is -3.75. The van der Waals surface area contributed by atoms with Crippen LogP contribution in [0.25, 0.3) is 11.0 Å². The van der Waals surface area contributed by atoms with Gasteiger partial charge in [0.05, 0.1) is 29.4 Å². The van der Waals surface area contributed by atoms with Gasteiger partial charge in [0.2, 0.25) is 0 Å². The van der Waals surface area contributed by atoms with Crippen LogP contribution in [0.3, 0.4) is 0 Å². The molecule has 0 N–H and O–H groups in total. The number of hydrogen-bond acceptors (Lipinski definition) is 6. The fourth-order valence-corrected chi connectivity index (χ4v) is 3.97. The van der Waals surface area contributed by atoms with Gasteiger partial charge in [-0.3, -0.25) is 14.9 Å². The molecule has 9 nitrogen and oxygen atoms in total. The van der Waals surface area contributed by atoms with Gasteiger partial charge < -0.3 is 14.2 Å². The van der Waals surface area contributed by atoms with E-state index in [-0.39, 0.29) is 11.6 Å². The summed E-state index contributed by atoms with van der Waals surface area (Å²) < 4.78 is 6.58. The number of imidazole rings is 1. The molecule has 1 amide bonds. The Labute approximate surface area is 172 Å². The topological polar surface area (TPSA) is 108 Å². The number of nitrogens with zero attached hydrogens (tertiary/aromatic N) is 4. The van der Waals surface area contributed by atoms with Gasteiger partial charge in [0.15, 0.2) is 0 Å². The zero-order valence-corrected chi connectivity index (χ0v) is 16.3. The molecule has 0 saturated carbocycles. The minimum atomic E-state index is -0.761. The van der Waals surface area contributed by atoms with Gasteiger partial charge in [0, 0.05) is 18.7 Å². The molecule has 1 saturated heterocycles. The molecule has 1 aliphatic heterocycles. The number of nitro benzene ring substituents is 1. The smallest absolute Gasteiger partial charge is 0.328 e. The number of hydrogen-bond donors (Lipinski definition) is 0. The molecule has 0 spiro atoms. The third-order valence-electron chi connectivity index (χ3n) is 5.41. The lowest BCUT2D eigenvalue weighted by atomic mass is 10.0. The number of non-ortho nitro benzene ring substituents is 1. The first-order valence-electron chi connectivity index (χ1n) is 9.55. The summed E-state index contributed by atoms with van der Waals surface area (Å²) in [5.41, 5.74) is 1.68. The number of carbonyl (C=O) groups excluding carboxylic acids is 2. The van der Waals surface area contributed by atoms with Gasteiger partial charge in [-0.05, 0) is 24.5 Å². The standard InChI is InChI=1S/C21H20N4O5/c1-30-21(27)18-8-5-11-23(18)20(26)19(14-6-3-2-4-7-14)24-13-22-16-12-15(25(28)29)9-10-17(16)24/h2-4,6-7,9-10,12-13,18-19H,5,8,11H2,1H3/t18-,19?/m0/s1. The molecule has 4 rings (SSSR count). The average Bonchev–Trinajstić information content (AvgIpc) is 3.41. The molecule has 1 unspecified atom stereocenters. The number of methoxy groups -OCH3 is 1. The molecule has 30 heavy (non-hydrogen) atoms. The highest BCUT2D eigenvalue weighted by atomic mass is 16.6. The molecule has 2 heterocycles. The van der Waals surface area contributed by atoms with Gasteiger partial charge in [-0.15, -0.1) is 0 Å². The van der Waals surface area contributed by atoms with Gasteiger partial charge in [-0.25, -0.2) is 9.78 Å². The van der Waals surface area contributed by atoms with Crippen LogP contribution in [0.15, 0.2) is 54.9 Å². The normalized spacial score (nSPS) is 17.1. The third kappa shape index (κ3) is 3.38. The number of carbonyl (C=O) groups is 2. The molecule has 154 valence electrons. The number of benzene rings is 2. The highest BCUT2D eigenvalue weighted by molar-refractivity contribution is 5.91. The molecular formula is C21H20N4O5. The second-order valence-corrected chi connectivity index (χ2v) is 7.11. The van der Waals surface area contributed by atoms with E-state index < -0.39 is 23.0 Å². The van der Waals surface area contributed by atoms with Crippen molar-refractivity contribution in [2.75, 3.05) is 13.7 Å². The number of rotatable bonds is 5. The summed E-state index contributed by atoms with van der Waals surface area (Å²) in [5, 5.41) is 11.1. The van der Waals surface area contributed by atoms with E-state index in [0.29, 0.717) is 30.4 Å². The third-order valence-corrected chi connectivity index (χ3v) is 5.41. The summed E-state index contributed by atoms with van der Waals surface area (Å²) in [6.07, 6.45) is 2.77. The molecule has 2 atom stereocenters. The van der Waals surface area contributed by atoms with E-state index in [1.807, 2.05) is 30.3 Å². The van der Waals surface area contributed by atoms with Crippen LogP contribution in [0.2, 0.25) is 0 Å². The maximum Gasteiger partial charge on any atom is 0.328 e. The first kappa shape index (κ1) is 19.6. The van der Waals surface area contributed by atoms with Gasteiger partial charge >= 0.3 is 5.97 Å². The first-order valence-corrected chi connectivity index (χ1v) is 9.55. The second-order valence-electron chi connectivity index (χ2n) is 7.11. The van der Waals surface area contributed by atoms with Crippen molar-refractivity contribution in [1.29, 1.82) is 0 Å². The molecule has 1 fully saturated rings. The van der Waals surface area contributed by atoms with E-state index in [1.54, 1.807) is 15.5 Å². The van der Waals surface area contributed by atoms with Gasteiger partial charge in [-0.1, -0.05) is 30.3 Å². The Kier molecular flexibility index (Phi) is 5.18. The number of amides is 1. The second kappa shape index (κ2) is 7.94. The summed E-state index contributed by atoms with van der Waals surface area (Å²) in [6, 6.07) is 12.2. The maximum atomic E-state index is 13.7. The summed E-state index contributed by atoms with van der Waals surface area (Å²) in [7, 11) is 1.31. The predicted molar refractivity (Wildman–Crippen MR) is 108 cm³/mol. The van der Waals surface area contributed by atoms with Crippen molar-refractivity contribution < 1.29 is 19.2 Å². The number of fused-ring (bicyclic) bond motifs is 1. The van der Waals surface area contributed by atoms with Crippen molar-refractivity contribution in [3.63, 3.8) is 0 Å². The molecular weight excluding hydrogens is 388 g/mol. The molecule has 2 aromatic carbocycles. The highest BCUT2D eigenvalue weighted by Gasteiger charge is 2.39. The maximum absolute atomic E-state index is 13.7. The van der Waals surface area contributed by atoms with Crippen LogP contribution in [0.4, 0.5) is 5.69 Å². The Morgan fingerprint density at radius 3 is 2.70 bits per heavy atom. The van der Waals surface area contributed by atoms with Crippen molar-refractivity contribution in [2.45, 2.75) is 24.9 Å². The monoisotopic (exact) mass is 408 g/mol. The summed E-state index contributed by atoms with van der Waals surface area (Å²) in [4.78, 5) is 42.3. The predicted octanol–water partition coefficient (Wildman–Crippen LogP) is 2.70. The van der Waals surface area contributed by atoms with Gasteiger partial charge in [-0.2, -0.15) is 0 Å². The largest absolute Gasteiger partial charge is 0.467 e. The van der Waals surface area contributed by atoms with E-state index in [9.17, 15) is 19.7 Å². The summed E-state index contributed by atoms with van der Waals surface area (Å²) in [6.45, 7) is 0.458. The minimum absolute atomic E-state index is 0.0689. The molecule has 0 bridgehead atoms. The van der Waals surface area contributed by atoms with Crippen molar-refractivity contribution in [1.82, 2.24) is 14.5 Å². The number of esters is 1. The average molecular weight is 408 g/mol. The molecule has 3 aromatic rings. The Morgan fingerprint density at radius 1 is 1.23 bits per heavy atom. The fourth-order valence-electron chi connectivity index (χ4n) is 3.97. The molecule has 1 aliphatic rings. The molecule has 0 radical (unpaired) electrons. The minimum Gasteiger partial charge on any atom is -0.467 e. The van der Waals surface area contributed by atoms with Crippen LogP contribution in [0, 0.1) is 10.1 Å². The molecule has 0 aliphatic carbocycles. The van der Waals surface area contributed by atoms with Gasteiger partial charge in [0.25, 0.3) is 11.6 Å². The Balaban J connectivity index is 1.80. The molecule has 1 aromatic heterocycles. The number of likely N-dealkylation sites (tertiary alicyclic amines) is 1. The SMILES string of the molecule is COC(=O)[C@@H]1CCCN1C(=O)C(c1ccccc1)n1cnc2cc([N+](=O)[O-])ccc21. The van der Waals surface area contributed by atoms with Crippen LogP contribution in [-0.2, 0) is 14.3 Å². The lowest BCUT2D eigenvalue weighted by molar-refractivity contribution is -0.384. The lowest BCUT2D eigenvalue weighted by Gasteiger charge is -2.28. The van der Waals surface area contributed by atoms with Crippen molar-refractivity contribution >= 4 is 28.6 Å². The first-order chi connectivity index (χ1) is 14.5. The highest BCUT2D eigenvalue weighted by Crippen LogP contribution is 2.30. The Morgan fingerprint density at radius 2 is 2.00 bits per heavy atom. The summed E-state index contributed by atoms with van der Waals surface area (Å²) in [5.74, 6) is -0.675. The molecule has 9 heteroatoms. The van der Waals surface area contributed by atoms with Crippen LogP contribution in [0.5, 0.6) is 0 Å². The van der Waals surface area contributed by atoms with Crippen molar-refractivity contribution in [3.05, 3.63) is 70.5 Å². The van der Waals surface area contributed by atoms with Crippen molar-refractivity contribution in [3.8, 4) is 0 Å². The number of ether oxygens (including phenoxy) is 1. The van der Waals surface area contributed by atoms with E-state index in [0.717, 1.165) is 5.56 Å². The van der Waals surface area contributed by atoms with Crippen LogP contribution < -0.4 is 0 Å². The van der Waals surface area contributed by atoms with E-state index in [1.165, 1.54) is 25.6 Å². The quantitative estimate of drug-likeness (QED) is 0.365. The fraction of sp³-hybridized carbons (Fsp3) is 0.286. The Bertz CT molecular complexity index is 1110. The summed E-state index contributed by atoms with van der Waals surface area (Å²) >= 11 is 0. The van der Waals surface area contributed by atoms with E-state index >= 15 is 0 Å². The lowest BCUT2D eigenvalue weighted by Crippen LogP contribution is -2.44. The zero-order valence-electron chi connectivity index (χ0n) is 16.3. The van der Waals surface area contributed by atoms with Crippen LogP contribution in [-0.4, -0.2) is 50.9 Å². The van der Waals surface area contributed by atoms with E-state index in [2.05, 4.69) is 4.98 Å². The zero-order chi connectivity index (χ0) is 21.3.